The smallest absolute Gasteiger partial charge is 0.258 e. The fourth-order valence-electron chi connectivity index (χ4n) is 1.56. The van der Waals surface area contributed by atoms with Crippen LogP contribution >= 0.6 is 0 Å². The minimum Gasteiger partial charge on any atom is -0.618 e. The molecule has 0 atom stereocenters. The highest BCUT2D eigenvalue weighted by atomic mass is 16.5. The van der Waals surface area contributed by atoms with Gasteiger partial charge in [-0.05, 0) is 18.2 Å². The number of benzene rings is 2. The third kappa shape index (κ3) is 2.64. The molecule has 0 aliphatic carbocycles. The summed E-state index contributed by atoms with van der Waals surface area (Å²) in [7, 11) is 1.55. The fourth-order valence-corrected chi connectivity index (χ4v) is 1.56. The summed E-state index contributed by atoms with van der Waals surface area (Å²) < 4.78 is 5.96. The first-order chi connectivity index (χ1) is 8.31. The standard InChI is InChI=1S/C14H13NO2/c1-17-14-10-6-5-9-13(14)15(16)11-12-7-3-2-4-8-12/h2-11H,1H3/b15-11+. The second-order valence-electron chi connectivity index (χ2n) is 3.54. The molecule has 0 radical (unpaired) electrons. The Kier molecular flexibility index (Phi) is 3.40. The van der Waals surface area contributed by atoms with E-state index in [2.05, 4.69) is 0 Å². The molecule has 0 saturated carbocycles. The summed E-state index contributed by atoms with van der Waals surface area (Å²) in [6.45, 7) is 0. The average Bonchev–Trinajstić information content (AvgIpc) is 2.40. The maximum Gasteiger partial charge on any atom is 0.258 e. The van der Waals surface area contributed by atoms with E-state index in [0.717, 1.165) is 10.3 Å². The molecule has 0 aliphatic rings. The van der Waals surface area contributed by atoms with Crippen LogP contribution in [0.3, 0.4) is 0 Å². The summed E-state index contributed by atoms with van der Waals surface area (Å²) >= 11 is 0. The third-order valence-corrected chi connectivity index (χ3v) is 2.39. The highest BCUT2D eigenvalue weighted by molar-refractivity contribution is 5.76. The third-order valence-electron chi connectivity index (χ3n) is 2.39. The molecule has 0 spiro atoms. The van der Waals surface area contributed by atoms with Crippen molar-refractivity contribution < 1.29 is 9.48 Å². The maximum absolute atomic E-state index is 12.0. The van der Waals surface area contributed by atoms with E-state index in [0.29, 0.717) is 11.4 Å². The van der Waals surface area contributed by atoms with Crippen molar-refractivity contribution in [1.82, 2.24) is 0 Å². The van der Waals surface area contributed by atoms with Crippen LogP contribution in [0.5, 0.6) is 5.75 Å². The van der Waals surface area contributed by atoms with E-state index in [4.69, 9.17) is 4.74 Å². The molecule has 0 unspecified atom stereocenters. The van der Waals surface area contributed by atoms with Gasteiger partial charge in [0.25, 0.3) is 5.69 Å². The molecule has 17 heavy (non-hydrogen) atoms. The Balaban J connectivity index is 2.37. The van der Waals surface area contributed by atoms with Crippen molar-refractivity contribution in [1.29, 1.82) is 0 Å². The highest BCUT2D eigenvalue weighted by Crippen LogP contribution is 2.25. The van der Waals surface area contributed by atoms with E-state index in [-0.39, 0.29) is 0 Å². The van der Waals surface area contributed by atoms with Crippen LogP contribution in [-0.4, -0.2) is 18.1 Å². The van der Waals surface area contributed by atoms with Crippen molar-refractivity contribution in [2.24, 2.45) is 0 Å². The summed E-state index contributed by atoms with van der Waals surface area (Å²) in [5.41, 5.74) is 1.35. The van der Waals surface area contributed by atoms with Crippen LogP contribution < -0.4 is 4.74 Å². The second-order valence-corrected chi connectivity index (χ2v) is 3.54. The first kappa shape index (κ1) is 11.2. The van der Waals surface area contributed by atoms with Gasteiger partial charge in [0.05, 0.1) is 7.11 Å². The summed E-state index contributed by atoms with van der Waals surface area (Å²) in [4.78, 5) is 0. The summed E-state index contributed by atoms with van der Waals surface area (Å²) in [5, 5.41) is 12.0. The maximum atomic E-state index is 12.0. The molecule has 0 aliphatic heterocycles. The topological polar surface area (TPSA) is 35.3 Å². The zero-order valence-electron chi connectivity index (χ0n) is 9.54. The molecule has 0 N–H and O–H groups in total. The van der Waals surface area contributed by atoms with Gasteiger partial charge in [0.2, 0.25) is 0 Å². The number of para-hydroxylation sites is 2. The van der Waals surface area contributed by atoms with Crippen LogP contribution in [0.25, 0.3) is 0 Å². The Morgan fingerprint density at radius 2 is 1.65 bits per heavy atom. The van der Waals surface area contributed by atoms with E-state index in [1.165, 1.54) is 6.21 Å². The Hall–Kier alpha value is -2.29. The summed E-state index contributed by atoms with van der Waals surface area (Å²) in [6.07, 6.45) is 1.53. The molecule has 0 fully saturated rings. The van der Waals surface area contributed by atoms with Gasteiger partial charge >= 0.3 is 0 Å². The van der Waals surface area contributed by atoms with Crippen molar-refractivity contribution >= 4 is 11.9 Å². The number of rotatable bonds is 3. The van der Waals surface area contributed by atoms with Gasteiger partial charge in [0, 0.05) is 11.6 Å². The Bertz CT molecular complexity index is 521. The number of ether oxygens (including phenoxy) is 1. The van der Waals surface area contributed by atoms with Crippen molar-refractivity contribution in [2.45, 2.75) is 0 Å². The van der Waals surface area contributed by atoms with Crippen molar-refractivity contribution in [3.05, 3.63) is 65.4 Å². The number of hydrogen-bond donors (Lipinski definition) is 0. The zero-order valence-corrected chi connectivity index (χ0v) is 9.54. The van der Waals surface area contributed by atoms with E-state index in [9.17, 15) is 5.21 Å². The quantitative estimate of drug-likeness (QED) is 0.350. The van der Waals surface area contributed by atoms with Gasteiger partial charge in [-0.2, -0.15) is 4.74 Å². The van der Waals surface area contributed by atoms with Crippen LogP contribution in [-0.2, 0) is 0 Å². The van der Waals surface area contributed by atoms with Crippen LogP contribution in [0.1, 0.15) is 5.56 Å². The van der Waals surface area contributed by atoms with Gasteiger partial charge in [-0.15, -0.1) is 0 Å². The largest absolute Gasteiger partial charge is 0.618 e. The molecule has 0 heterocycles. The molecule has 2 aromatic carbocycles. The fraction of sp³-hybridized carbons (Fsp3) is 0.0714. The first-order valence-corrected chi connectivity index (χ1v) is 5.30. The lowest BCUT2D eigenvalue weighted by atomic mass is 10.2. The van der Waals surface area contributed by atoms with Gasteiger partial charge in [0.15, 0.2) is 12.0 Å². The van der Waals surface area contributed by atoms with E-state index < -0.39 is 0 Å². The molecule has 2 rings (SSSR count). The minimum atomic E-state index is 0.499. The van der Waals surface area contributed by atoms with Gasteiger partial charge in [-0.1, -0.05) is 30.3 Å². The molecule has 2 aromatic rings. The predicted molar refractivity (Wildman–Crippen MR) is 67.9 cm³/mol. The lowest BCUT2D eigenvalue weighted by molar-refractivity contribution is -0.355. The molecule has 3 nitrogen and oxygen atoms in total. The lowest BCUT2D eigenvalue weighted by Gasteiger charge is -2.07. The number of nitrogens with zero attached hydrogens (tertiary/aromatic N) is 1. The molecule has 0 amide bonds. The van der Waals surface area contributed by atoms with Crippen LogP contribution in [0.15, 0.2) is 54.6 Å². The monoisotopic (exact) mass is 227 g/mol. The lowest BCUT2D eigenvalue weighted by Crippen LogP contribution is -2.00. The number of methoxy groups -OCH3 is 1. The van der Waals surface area contributed by atoms with Crippen molar-refractivity contribution in [2.75, 3.05) is 7.11 Å². The Labute approximate surface area is 100 Å². The normalized spacial score (nSPS) is 11.2. The van der Waals surface area contributed by atoms with Crippen LogP contribution in [0.4, 0.5) is 5.69 Å². The van der Waals surface area contributed by atoms with Crippen molar-refractivity contribution in [3.63, 3.8) is 0 Å². The summed E-state index contributed by atoms with van der Waals surface area (Å²) in [5.74, 6) is 0.565. The highest BCUT2D eigenvalue weighted by Gasteiger charge is 2.08. The second kappa shape index (κ2) is 5.16. The Morgan fingerprint density at radius 3 is 2.35 bits per heavy atom. The number of hydrogen-bond acceptors (Lipinski definition) is 2. The zero-order chi connectivity index (χ0) is 12.1. The molecular weight excluding hydrogens is 214 g/mol. The minimum absolute atomic E-state index is 0.499. The molecule has 3 heteroatoms. The first-order valence-electron chi connectivity index (χ1n) is 5.30. The predicted octanol–water partition coefficient (Wildman–Crippen LogP) is 2.96. The van der Waals surface area contributed by atoms with Gasteiger partial charge in [-0.3, -0.25) is 0 Å². The molecule has 86 valence electrons. The summed E-state index contributed by atoms with van der Waals surface area (Å²) in [6, 6.07) is 16.6. The van der Waals surface area contributed by atoms with Crippen molar-refractivity contribution in [3.8, 4) is 5.75 Å². The molecule has 0 bridgehead atoms. The van der Waals surface area contributed by atoms with E-state index in [1.807, 2.05) is 42.5 Å². The molecular formula is C14H13NO2. The van der Waals surface area contributed by atoms with Crippen LogP contribution in [0.2, 0.25) is 0 Å². The van der Waals surface area contributed by atoms with Gasteiger partial charge in [-0.25, -0.2) is 0 Å². The molecule has 0 aromatic heterocycles. The Morgan fingerprint density at radius 1 is 1.00 bits per heavy atom. The van der Waals surface area contributed by atoms with E-state index >= 15 is 0 Å². The van der Waals surface area contributed by atoms with Gasteiger partial charge < -0.3 is 9.94 Å². The van der Waals surface area contributed by atoms with E-state index in [1.54, 1.807) is 19.2 Å². The van der Waals surface area contributed by atoms with Gasteiger partial charge in [0.1, 0.15) is 0 Å². The average molecular weight is 227 g/mol. The van der Waals surface area contributed by atoms with Crippen LogP contribution in [0, 0.1) is 5.21 Å². The SMILES string of the molecule is COc1ccccc1/[N+]([O-])=C\c1ccccc1. The molecule has 0 saturated heterocycles.